The highest BCUT2D eigenvalue weighted by molar-refractivity contribution is 7.17. The Hall–Kier alpha value is -1.20. The zero-order valence-electron chi connectivity index (χ0n) is 10.1. The number of aromatic nitrogens is 2. The lowest BCUT2D eigenvalue weighted by atomic mass is 10.3. The quantitative estimate of drug-likeness (QED) is 0.399. The van der Waals surface area contributed by atoms with E-state index < -0.39 is 0 Å². The van der Waals surface area contributed by atoms with E-state index in [2.05, 4.69) is 9.97 Å². The normalized spacial score (nSPS) is 10.5. The van der Waals surface area contributed by atoms with Crippen LogP contribution in [-0.2, 0) is 0 Å². The fourth-order valence-electron chi connectivity index (χ4n) is 1.68. The Morgan fingerprint density at radius 3 is 2.50 bits per heavy atom. The Morgan fingerprint density at radius 2 is 1.65 bits per heavy atom. The van der Waals surface area contributed by atoms with Crippen molar-refractivity contribution in [2.45, 2.75) is 0 Å². The molecular formula is C14H8Cl2N2S2. The molecule has 0 aliphatic rings. The molecule has 0 unspecified atom stereocenters. The van der Waals surface area contributed by atoms with Gasteiger partial charge in [0.1, 0.15) is 0 Å². The van der Waals surface area contributed by atoms with Gasteiger partial charge in [0.2, 0.25) is 0 Å². The van der Waals surface area contributed by atoms with Crippen LogP contribution >= 0.6 is 45.9 Å². The van der Waals surface area contributed by atoms with Crippen molar-refractivity contribution < 1.29 is 0 Å². The summed E-state index contributed by atoms with van der Waals surface area (Å²) in [5.74, 6) is 0. The molecule has 0 bridgehead atoms. The molecule has 0 fully saturated rings. The molecule has 2 aromatic carbocycles. The molecule has 4 aromatic rings. The van der Waals surface area contributed by atoms with Crippen molar-refractivity contribution in [1.29, 1.82) is 0 Å². The highest BCUT2D eigenvalue weighted by Crippen LogP contribution is 2.24. The predicted molar refractivity (Wildman–Crippen MR) is 89.3 cm³/mol. The number of hydrogen-bond donors (Lipinski definition) is 0. The van der Waals surface area contributed by atoms with E-state index in [-0.39, 0.29) is 0 Å². The first-order chi connectivity index (χ1) is 9.74. The lowest BCUT2D eigenvalue weighted by Gasteiger charge is -1.87. The molecule has 0 radical (unpaired) electrons. The van der Waals surface area contributed by atoms with Crippen molar-refractivity contribution in [2.24, 2.45) is 0 Å². The van der Waals surface area contributed by atoms with E-state index in [1.807, 2.05) is 41.9 Å². The standard InChI is InChI=1S/2C7H4ClNS/c8-5-1-2-7-6(3-5)9-4-10-7;8-5-2-1-3-6-7(5)9-4-10-6/h2*1-4H. The fourth-order valence-corrected chi connectivity index (χ4v) is 3.49. The number of nitrogens with zero attached hydrogens (tertiary/aromatic N) is 2. The van der Waals surface area contributed by atoms with Crippen LogP contribution in [0.15, 0.2) is 47.4 Å². The third-order valence-electron chi connectivity index (χ3n) is 2.60. The van der Waals surface area contributed by atoms with Crippen LogP contribution in [0.2, 0.25) is 10.0 Å². The van der Waals surface area contributed by atoms with E-state index in [1.165, 1.54) is 4.70 Å². The number of fused-ring (bicyclic) bond motifs is 2. The molecule has 4 rings (SSSR count). The Bertz CT molecular complexity index is 854. The molecule has 0 aliphatic heterocycles. The van der Waals surface area contributed by atoms with E-state index in [1.54, 1.807) is 28.2 Å². The second-order valence-corrected chi connectivity index (χ2v) is 6.52. The smallest absolute Gasteiger partial charge is 0.0998 e. The third-order valence-corrected chi connectivity index (χ3v) is 4.75. The van der Waals surface area contributed by atoms with Crippen LogP contribution in [0.4, 0.5) is 0 Å². The first-order valence-corrected chi connectivity index (χ1v) is 8.22. The maximum absolute atomic E-state index is 5.84. The highest BCUT2D eigenvalue weighted by Gasteiger charge is 1.98. The summed E-state index contributed by atoms with van der Waals surface area (Å²) in [7, 11) is 0. The van der Waals surface area contributed by atoms with Crippen molar-refractivity contribution in [1.82, 2.24) is 9.97 Å². The second-order valence-electron chi connectivity index (χ2n) is 3.90. The second kappa shape index (κ2) is 6.06. The van der Waals surface area contributed by atoms with Gasteiger partial charge in [0.25, 0.3) is 0 Å². The van der Waals surface area contributed by atoms with E-state index in [0.29, 0.717) is 0 Å². The highest BCUT2D eigenvalue weighted by atomic mass is 35.5. The molecule has 2 aromatic heterocycles. The third kappa shape index (κ3) is 2.94. The lowest BCUT2D eigenvalue weighted by Crippen LogP contribution is -1.66. The van der Waals surface area contributed by atoms with Crippen molar-refractivity contribution >= 4 is 66.3 Å². The summed E-state index contributed by atoms with van der Waals surface area (Å²) in [4.78, 5) is 8.22. The predicted octanol–water partition coefficient (Wildman–Crippen LogP) is 5.90. The van der Waals surface area contributed by atoms with Gasteiger partial charge >= 0.3 is 0 Å². The molecular weight excluding hydrogens is 331 g/mol. The molecule has 0 saturated heterocycles. The molecule has 100 valence electrons. The zero-order chi connectivity index (χ0) is 13.9. The van der Waals surface area contributed by atoms with Crippen LogP contribution in [-0.4, -0.2) is 9.97 Å². The van der Waals surface area contributed by atoms with Crippen LogP contribution in [0, 0.1) is 0 Å². The number of thiazole rings is 2. The summed E-state index contributed by atoms with van der Waals surface area (Å²) < 4.78 is 2.33. The zero-order valence-corrected chi connectivity index (χ0v) is 13.2. The molecule has 0 spiro atoms. The number of hydrogen-bond acceptors (Lipinski definition) is 4. The van der Waals surface area contributed by atoms with Gasteiger partial charge in [-0.3, -0.25) is 0 Å². The van der Waals surface area contributed by atoms with E-state index in [9.17, 15) is 0 Å². The van der Waals surface area contributed by atoms with Crippen LogP contribution in [0.25, 0.3) is 20.4 Å². The van der Waals surface area contributed by atoms with Gasteiger partial charge in [-0.05, 0) is 30.3 Å². The SMILES string of the molecule is Clc1ccc2scnc2c1.Clc1cccc2scnc12. The minimum Gasteiger partial charge on any atom is -0.245 e. The molecule has 20 heavy (non-hydrogen) atoms. The summed E-state index contributed by atoms with van der Waals surface area (Å²) in [5, 5.41) is 1.48. The van der Waals surface area contributed by atoms with Gasteiger partial charge in [0.05, 0.1) is 36.5 Å². The average molecular weight is 339 g/mol. The minimum atomic E-state index is 0.735. The van der Waals surface area contributed by atoms with Gasteiger partial charge in [-0.15, -0.1) is 22.7 Å². The van der Waals surface area contributed by atoms with Crippen LogP contribution in [0.3, 0.4) is 0 Å². The monoisotopic (exact) mass is 338 g/mol. The first-order valence-electron chi connectivity index (χ1n) is 5.70. The molecule has 0 N–H and O–H groups in total. The Balaban J connectivity index is 0.000000121. The van der Waals surface area contributed by atoms with Crippen LogP contribution in [0.1, 0.15) is 0 Å². The van der Waals surface area contributed by atoms with E-state index in [0.717, 1.165) is 25.8 Å². The molecule has 2 heterocycles. The summed E-state index contributed by atoms with van der Waals surface area (Å²) in [5.41, 5.74) is 5.52. The average Bonchev–Trinajstić information content (AvgIpc) is 3.07. The van der Waals surface area contributed by atoms with Crippen molar-refractivity contribution in [2.75, 3.05) is 0 Å². The number of benzene rings is 2. The van der Waals surface area contributed by atoms with Gasteiger partial charge in [-0.1, -0.05) is 29.3 Å². The van der Waals surface area contributed by atoms with Crippen LogP contribution < -0.4 is 0 Å². The van der Waals surface area contributed by atoms with E-state index >= 15 is 0 Å². The molecule has 0 aliphatic carbocycles. The lowest BCUT2D eigenvalue weighted by molar-refractivity contribution is 1.50. The maximum Gasteiger partial charge on any atom is 0.0998 e. The Labute approximate surface area is 133 Å². The molecule has 2 nitrogen and oxygen atoms in total. The van der Waals surface area contributed by atoms with Crippen LogP contribution in [0.5, 0.6) is 0 Å². The fraction of sp³-hybridized carbons (Fsp3) is 0. The summed E-state index contributed by atoms with van der Waals surface area (Å²) >= 11 is 14.8. The van der Waals surface area contributed by atoms with Gasteiger partial charge in [0, 0.05) is 5.02 Å². The number of rotatable bonds is 0. The maximum atomic E-state index is 5.84. The van der Waals surface area contributed by atoms with Gasteiger partial charge in [0.15, 0.2) is 0 Å². The van der Waals surface area contributed by atoms with Crippen molar-refractivity contribution in [3.63, 3.8) is 0 Å². The number of para-hydroxylation sites is 1. The van der Waals surface area contributed by atoms with Crippen molar-refractivity contribution in [3.05, 3.63) is 57.5 Å². The minimum absolute atomic E-state index is 0.735. The largest absolute Gasteiger partial charge is 0.245 e. The molecule has 6 heteroatoms. The van der Waals surface area contributed by atoms with Gasteiger partial charge < -0.3 is 0 Å². The van der Waals surface area contributed by atoms with Gasteiger partial charge in [-0.25, -0.2) is 9.97 Å². The first kappa shape index (κ1) is 13.8. The molecule has 0 atom stereocenters. The Morgan fingerprint density at radius 1 is 0.850 bits per heavy atom. The van der Waals surface area contributed by atoms with Gasteiger partial charge in [-0.2, -0.15) is 0 Å². The molecule has 0 amide bonds. The summed E-state index contributed by atoms with van der Waals surface area (Å²) in [6.45, 7) is 0. The van der Waals surface area contributed by atoms with Crippen molar-refractivity contribution in [3.8, 4) is 0 Å². The summed E-state index contributed by atoms with van der Waals surface area (Å²) in [6.07, 6.45) is 0. The summed E-state index contributed by atoms with van der Waals surface area (Å²) in [6, 6.07) is 11.5. The number of halogens is 2. The Kier molecular flexibility index (Phi) is 4.17. The molecule has 0 saturated carbocycles. The van der Waals surface area contributed by atoms with E-state index in [4.69, 9.17) is 23.2 Å². The topological polar surface area (TPSA) is 25.8 Å².